The van der Waals surface area contributed by atoms with Crippen molar-refractivity contribution in [3.63, 3.8) is 0 Å². The second-order valence-electron chi connectivity index (χ2n) is 7.97. The molecule has 33 heavy (non-hydrogen) atoms. The van der Waals surface area contributed by atoms with Gasteiger partial charge in [0.25, 0.3) is 0 Å². The van der Waals surface area contributed by atoms with Gasteiger partial charge in [0.05, 0.1) is 17.2 Å². The van der Waals surface area contributed by atoms with E-state index in [1.807, 2.05) is 30.3 Å². The average Bonchev–Trinajstić information content (AvgIpc) is 3.31. The summed E-state index contributed by atoms with van der Waals surface area (Å²) in [7, 11) is 0. The van der Waals surface area contributed by atoms with Gasteiger partial charge in [-0.3, -0.25) is 0 Å². The zero-order chi connectivity index (χ0) is 23.4. The lowest BCUT2D eigenvalue weighted by Crippen LogP contribution is -2.25. The number of nitrogens with two attached hydrogens (primary N) is 1. The lowest BCUT2D eigenvalue weighted by atomic mass is 10.0. The first-order chi connectivity index (χ1) is 15.9. The van der Waals surface area contributed by atoms with Crippen molar-refractivity contribution >= 4 is 11.5 Å². The van der Waals surface area contributed by atoms with Crippen LogP contribution < -0.4 is 16.0 Å². The number of nitrogens with zero attached hydrogens (tertiary/aromatic N) is 4. The third kappa shape index (κ3) is 5.07. The van der Waals surface area contributed by atoms with Crippen LogP contribution in [0.2, 0.25) is 0 Å². The Kier molecular flexibility index (Phi) is 6.47. The molecule has 9 heteroatoms. The van der Waals surface area contributed by atoms with Gasteiger partial charge in [-0.2, -0.15) is 18.4 Å². The molecule has 1 aliphatic rings. The number of benzene rings is 2. The number of nitrogens with one attached hydrogen (secondary N) is 1. The summed E-state index contributed by atoms with van der Waals surface area (Å²) in [6.45, 7) is 2.60. The Balaban J connectivity index is 1.69. The molecule has 6 nitrogen and oxygen atoms in total. The Morgan fingerprint density at radius 2 is 1.97 bits per heavy atom. The molecule has 0 aliphatic carbocycles. The molecule has 1 aromatic heterocycles. The smallest absolute Gasteiger partial charge is 0.381 e. The molecule has 0 bridgehead atoms. The van der Waals surface area contributed by atoms with Crippen molar-refractivity contribution in [3.05, 3.63) is 71.4 Å². The zero-order valence-electron chi connectivity index (χ0n) is 17.8. The first kappa shape index (κ1) is 22.6. The molecule has 0 saturated carbocycles. The van der Waals surface area contributed by atoms with Crippen molar-refractivity contribution in [2.45, 2.75) is 19.1 Å². The number of aromatic nitrogens is 2. The first-order valence-corrected chi connectivity index (χ1v) is 10.6. The average molecular weight is 452 g/mol. The number of nitriles is 1. The highest BCUT2D eigenvalue weighted by Crippen LogP contribution is 2.34. The second-order valence-corrected chi connectivity index (χ2v) is 7.97. The van der Waals surface area contributed by atoms with Gasteiger partial charge in [0.15, 0.2) is 5.82 Å². The highest BCUT2D eigenvalue weighted by molar-refractivity contribution is 5.63. The third-order valence-corrected chi connectivity index (χ3v) is 5.72. The van der Waals surface area contributed by atoms with Gasteiger partial charge >= 0.3 is 6.18 Å². The van der Waals surface area contributed by atoms with Gasteiger partial charge in [0, 0.05) is 42.6 Å². The largest absolute Gasteiger partial charge is 0.417 e. The fourth-order valence-electron chi connectivity index (χ4n) is 3.93. The van der Waals surface area contributed by atoms with Crippen LogP contribution in [0, 0.1) is 17.2 Å². The fraction of sp³-hybridized carbons (Fsp3) is 0.292. The number of halogens is 3. The van der Waals surface area contributed by atoms with E-state index >= 15 is 0 Å². The summed E-state index contributed by atoms with van der Waals surface area (Å²) in [5, 5.41) is 12.6. The van der Waals surface area contributed by atoms with E-state index in [1.165, 1.54) is 12.1 Å². The number of hydrogen-bond donors (Lipinski definition) is 2. The van der Waals surface area contributed by atoms with Gasteiger partial charge in [0.2, 0.25) is 0 Å². The van der Waals surface area contributed by atoms with Crippen molar-refractivity contribution in [2.24, 2.45) is 11.7 Å². The van der Waals surface area contributed by atoms with Crippen molar-refractivity contribution in [1.82, 2.24) is 9.97 Å². The summed E-state index contributed by atoms with van der Waals surface area (Å²) in [6, 6.07) is 14.8. The Labute approximate surface area is 189 Å². The molecule has 0 spiro atoms. The maximum absolute atomic E-state index is 13.2. The maximum atomic E-state index is 13.2. The number of alkyl halides is 3. The lowest BCUT2D eigenvalue weighted by Gasteiger charge is -2.22. The molecule has 0 radical (unpaired) electrons. The third-order valence-electron chi connectivity index (χ3n) is 5.72. The molecule has 170 valence electrons. The van der Waals surface area contributed by atoms with Crippen LogP contribution in [0.25, 0.3) is 11.4 Å². The van der Waals surface area contributed by atoms with Crippen LogP contribution in [0.4, 0.5) is 24.7 Å². The molecule has 1 atom stereocenters. The summed E-state index contributed by atoms with van der Waals surface area (Å²) in [4.78, 5) is 11.3. The molecule has 3 N–H and O–H groups in total. The van der Waals surface area contributed by atoms with Gasteiger partial charge in [-0.05, 0) is 43.1 Å². The van der Waals surface area contributed by atoms with Gasteiger partial charge < -0.3 is 16.0 Å². The van der Waals surface area contributed by atoms with E-state index in [4.69, 9.17) is 10.7 Å². The predicted molar refractivity (Wildman–Crippen MR) is 120 cm³/mol. The van der Waals surface area contributed by atoms with E-state index in [1.54, 1.807) is 12.3 Å². The minimum atomic E-state index is -4.60. The topological polar surface area (TPSA) is 90.9 Å². The number of anilines is 2. The number of rotatable bonds is 6. The van der Waals surface area contributed by atoms with E-state index in [0.717, 1.165) is 42.6 Å². The molecule has 1 saturated heterocycles. The van der Waals surface area contributed by atoms with Crippen LogP contribution in [-0.4, -0.2) is 29.6 Å². The standard InChI is InChI=1S/C24H23F3N6/c25-24(26,27)21-7-6-17(10-18(21)12-29)22-31-14-19(13-30-20-4-2-1-3-5-20)23(32-22)33-9-8-16(11-28)15-33/h1-7,10,14,16,30H,8-9,11,13,15,28H2. The summed E-state index contributed by atoms with van der Waals surface area (Å²) >= 11 is 0. The molecule has 1 aliphatic heterocycles. The Bertz CT molecular complexity index is 1160. The summed E-state index contributed by atoms with van der Waals surface area (Å²) in [5.41, 5.74) is 6.61. The summed E-state index contributed by atoms with van der Waals surface area (Å²) < 4.78 is 39.5. The minimum absolute atomic E-state index is 0.273. The van der Waals surface area contributed by atoms with Gasteiger partial charge in [-0.15, -0.1) is 0 Å². The van der Waals surface area contributed by atoms with E-state index in [2.05, 4.69) is 15.2 Å². The van der Waals surface area contributed by atoms with Crippen LogP contribution in [0.5, 0.6) is 0 Å². The van der Waals surface area contributed by atoms with Gasteiger partial charge in [0.1, 0.15) is 5.82 Å². The van der Waals surface area contributed by atoms with Gasteiger partial charge in [-0.25, -0.2) is 9.97 Å². The monoisotopic (exact) mass is 452 g/mol. The van der Waals surface area contributed by atoms with Crippen LogP contribution in [0.1, 0.15) is 23.1 Å². The van der Waals surface area contributed by atoms with Crippen LogP contribution in [-0.2, 0) is 12.7 Å². The Morgan fingerprint density at radius 1 is 1.18 bits per heavy atom. The zero-order valence-corrected chi connectivity index (χ0v) is 17.8. The summed E-state index contributed by atoms with van der Waals surface area (Å²) in [6.07, 6.45) is -1.97. The van der Waals surface area contributed by atoms with E-state index in [0.29, 0.717) is 24.6 Å². The highest BCUT2D eigenvalue weighted by atomic mass is 19.4. The molecule has 2 aromatic carbocycles. The van der Waals surface area contributed by atoms with E-state index in [-0.39, 0.29) is 5.82 Å². The SMILES string of the molecule is N#Cc1cc(-c2ncc(CNc3ccccc3)c(N3CCC(CN)C3)n2)ccc1C(F)(F)F. The molecule has 4 rings (SSSR count). The second kappa shape index (κ2) is 9.46. The minimum Gasteiger partial charge on any atom is -0.381 e. The van der Waals surface area contributed by atoms with Crippen LogP contribution in [0.3, 0.4) is 0 Å². The molecular weight excluding hydrogens is 429 g/mol. The normalized spacial score (nSPS) is 16.0. The van der Waals surface area contributed by atoms with E-state index < -0.39 is 17.3 Å². The van der Waals surface area contributed by atoms with E-state index in [9.17, 15) is 18.4 Å². The molecular formula is C24H23F3N6. The maximum Gasteiger partial charge on any atom is 0.417 e. The highest BCUT2D eigenvalue weighted by Gasteiger charge is 2.34. The predicted octanol–water partition coefficient (Wildman–Crippen LogP) is 4.43. The Hall–Kier alpha value is -3.64. The van der Waals surface area contributed by atoms with Crippen molar-refractivity contribution in [1.29, 1.82) is 5.26 Å². The molecule has 1 unspecified atom stereocenters. The van der Waals surface area contributed by atoms with Crippen LogP contribution >= 0.6 is 0 Å². The van der Waals surface area contributed by atoms with Crippen molar-refractivity contribution < 1.29 is 13.2 Å². The first-order valence-electron chi connectivity index (χ1n) is 10.6. The fourth-order valence-corrected chi connectivity index (χ4v) is 3.93. The lowest BCUT2D eigenvalue weighted by molar-refractivity contribution is -0.137. The van der Waals surface area contributed by atoms with Crippen molar-refractivity contribution in [2.75, 3.05) is 29.9 Å². The Morgan fingerprint density at radius 3 is 2.64 bits per heavy atom. The van der Waals surface area contributed by atoms with Gasteiger partial charge in [-0.1, -0.05) is 24.3 Å². The number of hydrogen-bond acceptors (Lipinski definition) is 6. The molecule has 3 aromatic rings. The molecule has 2 heterocycles. The van der Waals surface area contributed by atoms with Crippen LogP contribution in [0.15, 0.2) is 54.7 Å². The number of para-hydroxylation sites is 1. The van der Waals surface area contributed by atoms with Crippen molar-refractivity contribution in [3.8, 4) is 17.5 Å². The molecule has 1 fully saturated rings. The summed E-state index contributed by atoms with van der Waals surface area (Å²) in [5.74, 6) is 1.35. The molecule has 0 amide bonds. The quantitative estimate of drug-likeness (QED) is 0.575.